The van der Waals surface area contributed by atoms with Crippen LogP contribution in [0.3, 0.4) is 0 Å². The topological polar surface area (TPSA) is 58.0 Å². The molecule has 0 amide bonds. The molecule has 3 rings (SSSR count). The Morgan fingerprint density at radius 1 is 1.20 bits per heavy atom. The Balaban J connectivity index is 1.71. The fraction of sp³-hybridized carbons (Fsp3) is 0.333. The zero-order valence-corrected chi connectivity index (χ0v) is 12.0. The zero-order chi connectivity index (χ0) is 14.1. The molecule has 0 aliphatic rings. The Hall–Kier alpha value is -2.14. The van der Waals surface area contributed by atoms with Gasteiger partial charge in [0.05, 0.1) is 23.3 Å². The summed E-state index contributed by atoms with van der Waals surface area (Å²) >= 11 is 0. The molecule has 0 radical (unpaired) electrons. The molecule has 0 saturated carbocycles. The maximum Gasteiger partial charge on any atom is 0.150 e. The Morgan fingerprint density at radius 2 is 2.05 bits per heavy atom. The van der Waals surface area contributed by atoms with Crippen LogP contribution in [0.1, 0.15) is 22.8 Å². The number of nitrogens with zero attached hydrogens (tertiary/aromatic N) is 3. The van der Waals surface area contributed by atoms with E-state index in [0.717, 1.165) is 41.4 Å². The minimum Gasteiger partial charge on any atom is -0.360 e. The highest BCUT2D eigenvalue weighted by molar-refractivity contribution is 5.75. The molecule has 2 heterocycles. The van der Waals surface area contributed by atoms with Crippen molar-refractivity contribution in [1.82, 2.24) is 20.0 Å². The number of H-pyrrole nitrogens is 1. The third-order valence-corrected chi connectivity index (χ3v) is 3.22. The molecule has 2 aromatic heterocycles. The number of nitrogens with one attached hydrogen (secondary N) is 1. The number of aromatic amines is 1. The maximum atomic E-state index is 5.24. The first-order valence-corrected chi connectivity index (χ1v) is 6.66. The van der Waals surface area contributed by atoms with Crippen molar-refractivity contribution >= 4 is 11.0 Å². The van der Waals surface area contributed by atoms with Gasteiger partial charge in [0.15, 0.2) is 5.76 Å². The summed E-state index contributed by atoms with van der Waals surface area (Å²) in [5.74, 6) is 1.84. The van der Waals surface area contributed by atoms with Crippen LogP contribution >= 0.6 is 0 Å². The Kier molecular flexibility index (Phi) is 3.28. The van der Waals surface area contributed by atoms with E-state index >= 15 is 0 Å². The highest BCUT2D eigenvalue weighted by Crippen LogP contribution is 2.15. The minimum atomic E-state index is 0.751. The molecule has 0 aliphatic heterocycles. The van der Waals surface area contributed by atoms with Gasteiger partial charge in [-0.05, 0) is 38.6 Å². The van der Waals surface area contributed by atoms with E-state index in [2.05, 4.69) is 45.3 Å². The molecule has 0 saturated heterocycles. The Morgan fingerprint density at radius 3 is 2.80 bits per heavy atom. The van der Waals surface area contributed by atoms with Crippen LogP contribution in [-0.4, -0.2) is 27.1 Å². The molecule has 0 bridgehead atoms. The van der Waals surface area contributed by atoms with Crippen molar-refractivity contribution in [3.05, 3.63) is 47.1 Å². The van der Waals surface area contributed by atoms with Crippen LogP contribution in [0.4, 0.5) is 0 Å². The monoisotopic (exact) mass is 270 g/mol. The summed E-state index contributed by atoms with van der Waals surface area (Å²) in [6, 6.07) is 8.29. The second-order valence-corrected chi connectivity index (χ2v) is 5.28. The number of hydrogen-bond acceptors (Lipinski definition) is 4. The smallest absolute Gasteiger partial charge is 0.150 e. The summed E-state index contributed by atoms with van der Waals surface area (Å²) in [6.45, 7) is 5.51. The van der Waals surface area contributed by atoms with Crippen LogP contribution in [0.5, 0.6) is 0 Å². The number of benzene rings is 1. The lowest BCUT2D eigenvalue weighted by atomic mass is 10.2. The number of aromatic nitrogens is 3. The van der Waals surface area contributed by atoms with Gasteiger partial charge in [-0.1, -0.05) is 11.2 Å². The zero-order valence-electron chi connectivity index (χ0n) is 12.0. The Labute approximate surface area is 117 Å². The van der Waals surface area contributed by atoms with E-state index < -0.39 is 0 Å². The van der Waals surface area contributed by atoms with Crippen molar-refractivity contribution < 1.29 is 4.52 Å². The van der Waals surface area contributed by atoms with Crippen molar-refractivity contribution in [2.45, 2.75) is 26.9 Å². The van der Waals surface area contributed by atoms with E-state index in [1.165, 1.54) is 5.56 Å². The van der Waals surface area contributed by atoms with E-state index in [1.807, 2.05) is 19.9 Å². The van der Waals surface area contributed by atoms with E-state index in [4.69, 9.17) is 4.52 Å². The van der Waals surface area contributed by atoms with Gasteiger partial charge in [-0.3, -0.25) is 4.90 Å². The SMILES string of the molecule is Cc1cc(CN(C)Cc2ccc3nc(C)[nH]c3c2)on1. The average molecular weight is 270 g/mol. The second-order valence-electron chi connectivity index (χ2n) is 5.28. The van der Waals surface area contributed by atoms with Gasteiger partial charge in [0, 0.05) is 12.6 Å². The van der Waals surface area contributed by atoms with E-state index in [9.17, 15) is 0 Å². The number of fused-ring (bicyclic) bond motifs is 1. The first-order valence-electron chi connectivity index (χ1n) is 6.66. The maximum absolute atomic E-state index is 5.24. The van der Waals surface area contributed by atoms with Crippen LogP contribution in [0.25, 0.3) is 11.0 Å². The lowest BCUT2D eigenvalue weighted by Crippen LogP contribution is -2.16. The fourth-order valence-electron chi connectivity index (χ4n) is 2.41. The molecule has 0 aliphatic carbocycles. The molecule has 20 heavy (non-hydrogen) atoms. The van der Waals surface area contributed by atoms with Crippen LogP contribution in [0, 0.1) is 13.8 Å². The molecule has 5 heteroatoms. The molecule has 0 atom stereocenters. The van der Waals surface area contributed by atoms with Crippen molar-refractivity contribution in [2.24, 2.45) is 0 Å². The first kappa shape index (κ1) is 12.9. The summed E-state index contributed by atoms with van der Waals surface area (Å²) in [7, 11) is 2.07. The van der Waals surface area contributed by atoms with Gasteiger partial charge in [-0.15, -0.1) is 0 Å². The molecular formula is C15H18N4O. The largest absolute Gasteiger partial charge is 0.360 e. The normalized spacial score (nSPS) is 11.6. The van der Waals surface area contributed by atoms with Crippen molar-refractivity contribution in [1.29, 1.82) is 0 Å². The predicted molar refractivity (Wildman–Crippen MR) is 77.2 cm³/mol. The van der Waals surface area contributed by atoms with Gasteiger partial charge in [0.2, 0.25) is 0 Å². The molecule has 3 aromatic rings. The molecule has 0 fully saturated rings. The number of hydrogen-bond donors (Lipinski definition) is 1. The standard InChI is InChI=1S/C15H18N4O/c1-10-6-13(20-18-10)9-19(3)8-12-4-5-14-15(7-12)17-11(2)16-14/h4-7H,8-9H2,1-3H3,(H,16,17). The lowest BCUT2D eigenvalue weighted by Gasteiger charge is -2.14. The fourth-order valence-corrected chi connectivity index (χ4v) is 2.41. The Bertz CT molecular complexity index is 728. The van der Waals surface area contributed by atoms with Gasteiger partial charge in [-0.2, -0.15) is 0 Å². The van der Waals surface area contributed by atoms with Crippen molar-refractivity contribution in [2.75, 3.05) is 7.05 Å². The molecule has 5 nitrogen and oxygen atoms in total. The van der Waals surface area contributed by atoms with Crippen LogP contribution in [0.15, 0.2) is 28.8 Å². The van der Waals surface area contributed by atoms with Crippen molar-refractivity contribution in [3.63, 3.8) is 0 Å². The van der Waals surface area contributed by atoms with Crippen LogP contribution in [-0.2, 0) is 13.1 Å². The third-order valence-electron chi connectivity index (χ3n) is 3.22. The number of aryl methyl sites for hydroxylation is 2. The highest BCUT2D eigenvalue weighted by atomic mass is 16.5. The quantitative estimate of drug-likeness (QED) is 0.792. The van der Waals surface area contributed by atoms with Gasteiger partial charge in [-0.25, -0.2) is 4.98 Å². The van der Waals surface area contributed by atoms with Crippen LogP contribution < -0.4 is 0 Å². The molecule has 1 aromatic carbocycles. The van der Waals surface area contributed by atoms with Gasteiger partial charge in [0.1, 0.15) is 5.82 Å². The second kappa shape index (κ2) is 5.09. The van der Waals surface area contributed by atoms with E-state index in [-0.39, 0.29) is 0 Å². The highest BCUT2D eigenvalue weighted by Gasteiger charge is 2.07. The summed E-state index contributed by atoms with van der Waals surface area (Å²) in [5.41, 5.74) is 4.27. The molecule has 104 valence electrons. The predicted octanol–water partition coefficient (Wildman–Crippen LogP) is 2.80. The summed E-state index contributed by atoms with van der Waals surface area (Å²) in [6.07, 6.45) is 0. The molecule has 0 spiro atoms. The van der Waals surface area contributed by atoms with Gasteiger partial charge < -0.3 is 9.51 Å². The molecule has 0 unspecified atom stereocenters. The van der Waals surface area contributed by atoms with Crippen LogP contribution in [0.2, 0.25) is 0 Å². The summed E-state index contributed by atoms with van der Waals surface area (Å²) < 4.78 is 5.24. The third kappa shape index (κ3) is 2.72. The van der Waals surface area contributed by atoms with Gasteiger partial charge in [0.25, 0.3) is 0 Å². The average Bonchev–Trinajstić information content (AvgIpc) is 2.93. The van der Waals surface area contributed by atoms with Gasteiger partial charge >= 0.3 is 0 Å². The van der Waals surface area contributed by atoms with E-state index in [0.29, 0.717) is 0 Å². The summed E-state index contributed by atoms with van der Waals surface area (Å²) in [4.78, 5) is 9.88. The minimum absolute atomic E-state index is 0.751. The number of imidazole rings is 1. The van der Waals surface area contributed by atoms with Crippen molar-refractivity contribution in [3.8, 4) is 0 Å². The summed E-state index contributed by atoms with van der Waals surface area (Å²) in [5, 5.41) is 3.91. The molecule has 1 N–H and O–H groups in total. The first-order chi connectivity index (χ1) is 9.60. The molecular weight excluding hydrogens is 252 g/mol. The van der Waals surface area contributed by atoms with E-state index in [1.54, 1.807) is 0 Å². The lowest BCUT2D eigenvalue weighted by molar-refractivity contribution is 0.266. The number of rotatable bonds is 4.